The van der Waals surface area contributed by atoms with Crippen LogP contribution in [-0.4, -0.2) is 7.28 Å². The van der Waals surface area contributed by atoms with E-state index >= 15 is 0 Å². The molecule has 0 aliphatic rings. The Labute approximate surface area is 46.2 Å². The van der Waals surface area contributed by atoms with Gasteiger partial charge in [0.15, 0.2) is 7.28 Å². The Balaban J connectivity index is 2.98. The van der Waals surface area contributed by atoms with Gasteiger partial charge in [0.2, 0.25) is 0 Å². The van der Waals surface area contributed by atoms with E-state index < -0.39 is 0 Å². The number of hydrogen-bond acceptors (Lipinski definition) is 0. The summed E-state index contributed by atoms with van der Waals surface area (Å²) in [6.07, 6.45) is 4.00. The summed E-state index contributed by atoms with van der Waals surface area (Å²) in [6, 6.07) is 0. The first kappa shape index (κ1) is 6.54. The van der Waals surface area contributed by atoms with E-state index in [0.717, 1.165) is 0 Å². The second-order valence-corrected chi connectivity index (χ2v) is 1.24. The molecule has 0 saturated heterocycles. The minimum absolute atomic E-state index is 2.00. The van der Waals surface area contributed by atoms with Gasteiger partial charge in [-0.25, -0.2) is 0 Å². The van der Waals surface area contributed by atoms with Gasteiger partial charge in [-0.05, 0) is 13.8 Å². The van der Waals surface area contributed by atoms with Crippen LogP contribution in [0, 0.1) is 0 Å². The highest BCUT2D eigenvalue weighted by Gasteiger charge is 1.66. The summed E-state index contributed by atoms with van der Waals surface area (Å²) in [7, 11) is 2.00. The average molecular weight is 93.0 g/mol. The Morgan fingerprint density at radius 1 is 1.00 bits per heavy atom. The largest absolute Gasteiger partial charge is 0.170 e. The second-order valence-electron chi connectivity index (χ2n) is 1.24. The molecule has 1 radical (unpaired) electrons. The summed E-state index contributed by atoms with van der Waals surface area (Å²) < 4.78 is 0. The topological polar surface area (TPSA) is 0 Å². The molecule has 0 spiro atoms. The molecule has 0 aromatic heterocycles. The van der Waals surface area contributed by atoms with Gasteiger partial charge in [0.05, 0.1) is 0 Å². The maximum Gasteiger partial charge on any atom is 0.170 e. The highest BCUT2D eigenvalue weighted by Crippen LogP contribution is 1.69. The fraction of sp³-hybridized carbons (Fsp3) is 0.333. The van der Waals surface area contributed by atoms with Crippen molar-refractivity contribution in [3.63, 3.8) is 0 Å². The van der Waals surface area contributed by atoms with E-state index in [2.05, 4.69) is 0 Å². The van der Waals surface area contributed by atoms with Crippen LogP contribution in [0.4, 0.5) is 0 Å². The molecule has 0 saturated carbocycles. The molecule has 0 N–H and O–H groups in total. The third kappa shape index (κ3) is 5.54. The van der Waals surface area contributed by atoms with Crippen LogP contribution in [0.3, 0.4) is 0 Å². The van der Waals surface area contributed by atoms with Crippen LogP contribution in [-0.2, 0) is 0 Å². The van der Waals surface area contributed by atoms with Crippen molar-refractivity contribution < 1.29 is 0 Å². The minimum Gasteiger partial charge on any atom is -0.121 e. The lowest BCUT2D eigenvalue weighted by Gasteiger charge is -1.70. The molecule has 0 aromatic carbocycles. The van der Waals surface area contributed by atoms with Gasteiger partial charge < -0.3 is 0 Å². The summed E-state index contributed by atoms with van der Waals surface area (Å²) in [5, 5.41) is 0. The second kappa shape index (κ2) is 5.54. The summed E-state index contributed by atoms with van der Waals surface area (Å²) in [5.74, 6) is 4.00. The fourth-order valence-electron chi connectivity index (χ4n) is 0.286. The summed E-state index contributed by atoms with van der Waals surface area (Å²) >= 11 is 0. The fourth-order valence-corrected chi connectivity index (χ4v) is 0.286. The molecule has 0 aliphatic carbocycles. The molecule has 0 atom stereocenters. The molecule has 7 heavy (non-hydrogen) atoms. The highest BCUT2D eigenvalue weighted by atomic mass is 13.5. The number of allylic oxidation sites excluding steroid dienone is 2. The molecular weight excluding hydrogens is 82.9 g/mol. The van der Waals surface area contributed by atoms with Gasteiger partial charge in [-0.1, -0.05) is 0 Å². The Morgan fingerprint density at radius 2 is 1.43 bits per heavy atom. The Bertz CT molecular complexity index is 62.2. The lowest BCUT2D eigenvalue weighted by atomic mass is 9.78. The van der Waals surface area contributed by atoms with E-state index in [1.807, 2.05) is 45.2 Å². The van der Waals surface area contributed by atoms with Gasteiger partial charge in [-0.2, -0.15) is 0 Å². The maximum absolute atomic E-state index is 2.00. The van der Waals surface area contributed by atoms with Crippen LogP contribution in [0.25, 0.3) is 0 Å². The van der Waals surface area contributed by atoms with E-state index in [1.165, 1.54) is 0 Å². The molecule has 37 valence electrons. The average Bonchev–Trinajstić information content (AvgIpc) is 1.69. The molecule has 0 bridgehead atoms. The van der Waals surface area contributed by atoms with Crippen molar-refractivity contribution in [2.75, 3.05) is 0 Å². The van der Waals surface area contributed by atoms with Gasteiger partial charge in [0.1, 0.15) is 0 Å². The first-order valence-electron chi connectivity index (χ1n) is 2.49. The minimum atomic E-state index is 2.00. The van der Waals surface area contributed by atoms with Crippen LogP contribution < -0.4 is 0 Å². The molecule has 0 fully saturated rings. The Hall–Kier alpha value is -0.455. The van der Waals surface area contributed by atoms with Gasteiger partial charge in [-0.15, -0.1) is 24.1 Å². The van der Waals surface area contributed by atoms with E-state index in [0.29, 0.717) is 0 Å². The smallest absolute Gasteiger partial charge is 0.121 e. The Kier molecular flexibility index (Phi) is 5.18. The number of hydrogen-bond donors (Lipinski definition) is 0. The van der Waals surface area contributed by atoms with Crippen molar-refractivity contribution in [3.05, 3.63) is 24.1 Å². The zero-order chi connectivity index (χ0) is 5.54. The van der Waals surface area contributed by atoms with Crippen LogP contribution in [0.15, 0.2) is 24.1 Å². The maximum atomic E-state index is 2.00. The van der Waals surface area contributed by atoms with E-state index in [-0.39, 0.29) is 0 Å². The standard InChI is InChI=1S/C6H10B/c1-3-5-7-6-4-2/h3-6H,1-2H3. The third-order valence-electron chi connectivity index (χ3n) is 0.607. The van der Waals surface area contributed by atoms with E-state index in [9.17, 15) is 0 Å². The predicted molar refractivity (Wildman–Crippen MR) is 35.4 cm³/mol. The first-order chi connectivity index (χ1) is 3.41. The van der Waals surface area contributed by atoms with Crippen LogP contribution >= 0.6 is 0 Å². The van der Waals surface area contributed by atoms with Crippen molar-refractivity contribution in [2.24, 2.45) is 0 Å². The summed E-state index contributed by atoms with van der Waals surface area (Å²) in [6.45, 7) is 4.00. The van der Waals surface area contributed by atoms with Crippen molar-refractivity contribution in [1.29, 1.82) is 0 Å². The molecule has 0 nitrogen and oxygen atoms in total. The van der Waals surface area contributed by atoms with Gasteiger partial charge >= 0.3 is 0 Å². The van der Waals surface area contributed by atoms with Gasteiger partial charge in [0.25, 0.3) is 0 Å². The van der Waals surface area contributed by atoms with Crippen molar-refractivity contribution >= 4 is 7.28 Å². The zero-order valence-corrected chi connectivity index (χ0v) is 4.89. The monoisotopic (exact) mass is 93.1 g/mol. The van der Waals surface area contributed by atoms with Crippen molar-refractivity contribution in [3.8, 4) is 0 Å². The molecule has 0 rings (SSSR count). The molecule has 0 amide bonds. The molecular formula is C6H10B. The zero-order valence-electron chi connectivity index (χ0n) is 4.89. The SMILES string of the molecule is CC=C[B]C=CC. The van der Waals surface area contributed by atoms with Gasteiger partial charge in [-0.3, -0.25) is 0 Å². The van der Waals surface area contributed by atoms with Crippen molar-refractivity contribution in [2.45, 2.75) is 13.8 Å². The van der Waals surface area contributed by atoms with E-state index in [4.69, 9.17) is 0 Å². The van der Waals surface area contributed by atoms with Gasteiger partial charge in [0, 0.05) is 0 Å². The molecule has 0 aromatic rings. The molecule has 1 heteroatoms. The molecule has 0 heterocycles. The quantitative estimate of drug-likeness (QED) is 0.456. The normalized spacial score (nSPS) is 11.1. The van der Waals surface area contributed by atoms with E-state index in [1.54, 1.807) is 0 Å². The number of rotatable bonds is 2. The summed E-state index contributed by atoms with van der Waals surface area (Å²) in [5.41, 5.74) is 0. The van der Waals surface area contributed by atoms with Crippen LogP contribution in [0.5, 0.6) is 0 Å². The third-order valence-corrected chi connectivity index (χ3v) is 0.607. The van der Waals surface area contributed by atoms with Crippen molar-refractivity contribution in [1.82, 2.24) is 0 Å². The van der Waals surface area contributed by atoms with Crippen LogP contribution in [0.1, 0.15) is 13.8 Å². The first-order valence-corrected chi connectivity index (χ1v) is 2.49. The molecule has 0 aliphatic heterocycles. The lowest BCUT2D eigenvalue weighted by Crippen LogP contribution is -1.72. The van der Waals surface area contributed by atoms with Crippen LogP contribution in [0.2, 0.25) is 0 Å². The predicted octanol–water partition coefficient (Wildman–Crippen LogP) is 1.76. The lowest BCUT2D eigenvalue weighted by molar-refractivity contribution is 1.76. The Morgan fingerprint density at radius 3 is 1.71 bits per heavy atom. The summed E-state index contributed by atoms with van der Waals surface area (Å²) in [4.78, 5) is 0. The molecule has 0 unspecified atom stereocenters. The highest BCUT2D eigenvalue weighted by molar-refractivity contribution is 6.48.